The number of phenolic OH excluding ortho intramolecular Hbond substituents is 1. The Kier molecular flexibility index (Phi) is 4.44. The number of aromatic hydroxyl groups is 1. The Balaban J connectivity index is 2.44. The SMILES string of the molecule is Oc1ccc(Cl)cc1C=Nc1ccc(Cl)cc1C(F)(F)F. The molecule has 2 rings (SSSR count). The number of benzene rings is 2. The Morgan fingerprint density at radius 1 is 1.00 bits per heavy atom. The summed E-state index contributed by atoms with van der Waals surface area (Å²) >= 11 is 11.3. The van der Waals surface area contributed by atoms with Crippen molar-refractivity contribution < 1.29 is 18.3 Å². The molecule has 0 saturated carbocycles. The Labute approximate surface area is 128 Å². The number of hydrogen-bond acceptors (Lipinski definition) is 2. The molecule has 0 aromatic heterocycles. The van der Waals surface area contributed by atoms with Crippen LogP contribution in [-0.4, -0.2) is 11.3 Å². The van der Waals surface area contributed by atoms with Crippen molar-refractivity contribution in [1.82, 2.24) is 0 Å². The molecule has 21 heavy (non-hydrogen) atoms. The molecule has 0 bridgehead atoms. The van der Waals surface area contributed by atoms with Gasteiger partial charge in [0.15, 0.2) is 0 Å². The number of aliphatic imine (C=N–C) groups is 1. The minimum atomic E-state index is -4.58. The Hall–Kier alpha value is -1.72. The van der Waals surface area contributed by atoms with Gasteiger partial charge in [0.05, 0.1) is 11.3 Å². The van der Waals surface area contributed by atoms with Gasteiger partial charge in [-0.05, 0) is 36.4 Å². The monoisotopic (exact) mass is 333 g/mol. The zero-order chi connectivity index (χ0) is 15.6. The van der Waals surface area contributed by atoms with Gasteiger partial charge in [0.2, 0.25) is 0 Å². The first-order valence-corrected chi connectivity index (χ1v) is 6.42. The van der Waals surface area contributed by atoms with Crippen LogP contribution in [0.5, 0.6) is 5.75 Å². The average molecular weight is 334 g/mol. The lowest BCUT2D eigenvalue weighted by molar-refractivity contribution is -0.137. The summed E-state index contributed by atoms with van der Waals surface area (Å²) in [6.07, 6.45) is -3.46. The maximum Gasteiger partial charge on any atom is 0.418 e. The molecule has 2 aromatic rings. The normalized spacial score (nSPS) is 12.0. The van der Waals surface area contributed by atoms with Gasteiger partial charge in [-0.1, -0.05) is 23.2 Å². The maximum absolute atomic E-state index is 12.9. The second-order valence-electron chi connectivity index (χ2n) is 4.12. The number of rotatable bonds is 2. The van der Waals surface area contributed by atoms with E-state index in [1.54, 1.807) is 0 Å². The molecule has 2 nitrogen and oxygen atoms in total. The summed E-state index contributed by atoms with van der Waals surface area (Å²) in [5, 5.41) is 9.89. The topological polar surface area (TPSA) is 32.6 Å². The van der Waals surface area contributed by atoms with E-state index in [2.05, 4.69) is 4.99 Å². The molecule has 2 aromatic carbocycles. The largest absolute Gasteiger partial charge is 0.507 e. The fraction of sp³-hybridized carbons (Fsp3) is 0.0714. The van der Waals surface area contributed by atoms with Gasteiger partial charge in [0.1, 0.15) is 5.75 Å². The van der Waals surface area contributed by atoms with Crippen molar-refractivity contribution in [3.63, 3.8) is 0 Å². The highest BCUT2D eigenvalue weighted by Crippen LogP contribution is 2.38. The van der Waals surface area contributed by atoms with Crippen LogP contribution in [0.2, 0.25) is 10.0 Å². The number of alkyl halides is 3. The minimum absolute atomic E-state index is 0.0353. The van der Waals surface area contributed by atoms with Crippen LogP contribution >= 0.6 is 23.2 Å². The van der Waals surface area contributed by atoms with Crippen LogP contribution in [0.15, 0.2) is 41.4 Å². The third-order valence-corrected chi connectivity index (χ3v) is 3.07. The quantitative estimate of drug-likeness (QED) is 0.726. The van der Waals surface area contributed by atoms with Crippen LogP contribution in [0.4, 0.5) is 18.9 Å². The van der Waals surface area contributed by atoms with Crippen LogP contribution in [0.1, 0.15) is 11.1 Å². The first kappa shape index (κ1) is 15.7. The third-order valence-electron chi connectivity index (χ3n) is 2.60. The molecule has 0 aliphatic heterocycles. The van der Waals surface area contributed by atoms with Gasteiger partial charge < -0.3 is 5.11 Å². The van der Waals surface area contributed by atoms with Crippen LogP contribution < -0.4 is 0 Å². The highest BCUT2D eigenvalue weighted by Gasteiger charge is 2.33. The first-order chi connectivity index (χ1) is 9.77. The molecule has 0 heterocycles. The summed E-state index contributed by atoms with van der Waals surface area (Å²) in [5.41, 5.74) is -1.04. The number of phenols is 1. The highest BCUT2D eigenvalue weighted by molar-refractivity contribution is 6.31. The Morgan fingerprint density at radius 3 is 2.29 bits per heavy atom. The predicted octanol–water partition coefficient (Wildman–Crippen LogP) is 5.47. The third kappa shape index (κ3) is 3.89. The van der Waals surface area contributed by atoms with Crippen LogP contribution in [0.25, 0.3) is 0 Å². The van der Waals surface area contributed by atoms with Gasteiger partial charge in [-0.25, -0.2) is 0 Å². The molecule has 0 aliphatic rings. The van der Waals surface area contributed by atoms with Crippen molar-refractivity contribution in [2.45, 2.75) is 6.18 Å². The van der Waals surface area contributed by atoms with Gasteiger partial charge in [0, 0.05) is 21.8 Å². The van der Waals surface area contributed by atoms with E-state index in [4.69, 9.17) is 23.2 Å². The van der Waals surface area contributed by atoms with Crippen molar-refractivity contribution in [1.29, 1.82) is 0 Å². The van der Waals surface area contributed by atoms with Crippen LogP contribution in [-0.2, 0) is 6.18 Å². The zero-order valence-electron chi connectivity index (χ0n) is 10.3. The van der Waals surface area contributed by atoms with Gasteiger partial charge in [-0.15, -0.1) is 0 Å². The molecule has 0 aliphatic carbocycles. The number of halogens is 5. The molecule has 0 amide bonds. The van der Waals surface area contributed by atoms with E-state index in [-0.39, 0.29) is 22.0 Å². The summed E-state index contributed by atoms with van der Waals surface area (Å²) < 4.78 is 38.7. The lowest BCUT2D eigenvalue weighted by Crippen LogP contribution is -2.05. The second-order valence-corrected chi connectivity index (χ2v) is 4.99. The average Bonchev–Trinajstić information content (AvgIpc) is 2.40. The van der Waals surface area contributed by atoms with Crippen molar-refractivity contribution in [2.24, 2.45) is 4.99 Å². The molecule has 0 saturated heterocycles. The Morgan fingerprint density at radius 2 is 1.62 bits per heavy atom. The summed E-state index contributed by atoms with van der Waals surface area (Å²) in [7, 11) is 0. The van der Waals surface area contributed by atoms with E-state index < -0.39 is 11.7 Å². The van der Waals surface area contributed by atoms with Crippen molar-refractivity contribution in [2.75, 3.05) is 0 Å². The van der Waals surface area contributed by atoms with Crippen molar-refractivity contribution >= 4 is 35.1 Å². The first-order valence-electron chi connectivity index (χ1n) is 5.67. The standard InChI is InChI=1S/C14H8Cl2F3NO/c15-9-2-4-13(21)8(5-9)7-20-12-3-1-10(16)6-11(12)14(17,18)19/h1-7,21H. The summed E-state index contributed by atoms with van der Waals surface area (Å²) in [6, 6.07) is 7.44. The summed E-state index contributed by atoms with van der Waals surface area (Å²) in [4.78, 5) is 3.76. The van der Waals surface area contributed by atoms with Gasteiger partial charge in [0.25, 0.3) is 0 Å². The van der Waals surface area contributed by atoms with Gasteiger partial charge in [-0.2, -0.15) is 13.2 Å². The van der Waals surface area contributed by atoms with E-state index in [0.29, 0.717) is 5.02 Å². The lowest BCUT2D eigenvalue weighted by atomic mass is 10.1. The molecule has 110 valence electrons. The maximum atomic E-state index is 12.9. The zero-order valence-corrected chi connectivity index (χ0v) is 11.8. The molecule has 0 fully saturated rings. The molecule has 0 radical (unpaired) electrons. The van der Waals surface area contributed by atoms with Gasteiger partial charge in [-0.3, -0.25) is 4.99 Å². The Bertz CT molecular complexity index is 699. The molecule has 7 heteroatoms. The van der Waals surface area contributed by atoms with E-state index in [1.807, 2.05) is 0 Å². The summed E-state index contributed by atoms with van der Waals surface area (Å²) in [5.74, 6) is -0.134. The molecule has 0 atom stereocenters. The lowest BCUT2D eigenvalue weighted by Gasteiger charge is -2.10. The highest BCUT2D eigenvalue weighted by atomic mass is 35.5. The van der Waals surface area contributed by atoms with E-state index in [1.165, 1.54) is 24.3 Å². The van der Waals surface area contributed by atoms with Gasteiger partial charge >= 0.3 is 6.18 Å². The smallest absolute Gasteiger partial charge is 0.418 e. The molecule has 0 spiro atoms. The predicted molar refractivity (Wildman–Crippen MR) is 76.8 cm³/mol. The van der Waals surface area contributed by atoms with E-state index in [0.717, 1.165) is 18.3 Å². The van der Waals surface area contributed by atoms with Crippen LogP contribution in [0.3, 0.4) is 0 Å². The fourth-order valence-corrected chi connectivity index (χ4v) is 1.97. The van der Waals surface area contributed by atoms with Crippen LogP contribution in [0, 0.1) is 0 Å². The van der Waals surface area contributed by atoms with Crippen molar-refractivity contribution in [3.8, 4) is 5.75 Å². The molecular formula is C14H8Cl2F3NO. The second kappa shape index (κ2) is 5.95. The minimum Gasteiger partial charge on any atom is -0.507 e. The summed E-state index contributed by atoms with van der Waals surface area (Å²) in [6.45, 7) is 0. The van der Waals surface area contributed by atoms with Crippen molar-refractivity contribution in [3.05, 3.63) is 57.6 Å². The number of nitrogens with zero attached hydrogens (tertiary/aromatic N) is 1. The number of hydrogen-bond donors (Lipinski definition) is 1. The fourth-order valence-electron chi connectivity index (χ4n) is 1.62. The van der Waals surface area contributed by atoms with E-state index >= 15 is 0 Å². The van der Waals surface area contributed by atoms with E-state index in [9.17, 15) is 18.3 Å². The molecule has 1 N–H and O–H groups in total. The molecule has 0 unspecified atom stereocenters. The molecular weight excluding hydrogens is 326 g/mol.